The molecule has 2 aromatic rings. The van der Waals surface area contributed by atoms with E-state index in [2.05, 4.69) is 19.1 Å². The molecule has 0 aliphatic rings. The minimum absolute atomic E-state index is 0.442. The zero-order chi connectivity index (χ0) is 13.7. The molecule has 0 spiro atoms. The minimum atomic E-state index is -0.894. The first-order chi connectivity index (χ1) is 9.15. The fraction of sp³-hybridized carbons (Fsp3) is 0.294. The van der Waals surface area contributed by atoms with E-state index in [4.69, 9.17) is 11.6 Å². The standard InChI is InChI=1S/C17H19ClO/c1-14-7-5-6-8-15(14)13-17(19,11-12-18)16-9-3-2-4-10-16/h2-10,19H,11-13H2,1H3. The van der Waals surface area contributed by atoms with Crippen molar-refractivity contribution in [2.24, 2.45) is 0 Å². The Kier molecular flexibility index (Phi) is 4.62. The van der Waals surface area contributed by atoms with E-state index < -0.39 is 5.60 Å². The highest BCUT2D eigenvalue weighted by Crippen LogP contribution is 2.30. The lowest BCUT2D eigenvalue weighted by Crippen LogP contribution is -2.29. The van der Waals surface area contributed by atoms with Crippen LogP contribution in [0.15, 0.2) is 54.6 Å². The molecule has 0 radical (unpaired) electrons. The molecule has 2 rings (SSSR count). The second kappa shape index (κ2) is 6.23. The van der Waals surface area contributed by atoms with Crippen molar-refractivity contribution in [3.8, 4) is 0 Å². The summed E-state index contributed by atoms with van der Waals surface area (Å²) in [6, 6.07) is 17.9. The summed E-state index contributed by atoms with van der Waals surface area (Å²) in [5.74, 6) is 0.442. The third-order valence-electron chi connectivity index (χ3n) is 3.56. The van der Waals surface area contributed by atoms with E-state index in [1.165, 1.54) is 11.1 Å². The number of hydrogen-bond donors (Lipinski definition) is 1. The van der Waals surface area contributed by atoms with E-state index in [1.54, 1.807) is 0 Å². The number of benzene rings is 2. The summed E-state index contributed by atoms with van der Waals surface area (Å²) in [6.45, 7) is 2.07. The number of alkyl halides is 1. The first kappa shape index (κ1) is 14.1. The van der Waals surface area contributed by atoms with Crippen molar-refractivity contribution < 1.29 is 5.11 Å². The number of hydrogen-bond acceptors (Lipinski definition) is 1. The van der Waals surface area contributed by atoms with E-state index in [-0.39, 0.29) is 0 Å². The van der Waals surface area contributed by atoms with Gasteiger partial charge in [-0.3, -0.25) is 0 Å². The van der Waals surface area contributed by atoms with Gasteiger partial charge in [-0.05, 0) is 30.0 Å². The molecule has 1 nitrogen and oxygen atoms in total. The van der Waals surface area contributed by atoms with Gasteiger partial charge in [0.1, 0.15) is 0 Å². The molecule has 0 amide bonds. The van der Waals surface area contributed by atoms with E-state index in [0.717, 1.165) is 5.56 Å². The smallest absolute Gasteiger partial charge is 0.0948 e. The largest absolute Gasteiger partial charge is 0.385 e. The van der Waals surface area contributed by atoms with E-state index >= 15 is 0 Å². The molecule has 1 N–H and O–H groups in total. The molecule has 2 heteroatoms. The second-order valence-electron chi connectivity index (χ2n) is 4.94. The van der Waals surface area contributed by atoms with Crippen LogP contribution in [0.5, 0.6) is 0 Å². The Bertz CT molecular complexity index is 524. The average molecular weight is 275 g/mol. The summed E-state index contributed by atoms with van der Waals surface area (Å²) in [7, 11) is 0. The molecule has 0 fully saturated rings. The van der Waals surface area contributed by atoms with Crippen LogP contribution in [-0.2, 0) is 12.0 Å². The van der Waals surface area contributed by atoms with E-state index in [9.17, 15) is 5.11 Å². The normalized spacial score (nSPS) is 14.1. The SMILES string of the molecule is Cc1ccccc1CC(O)(CCCl)c1ccccc1. The molecule has 19 heavy (non-hydrogen) atoms. The van der Waals surface area contributed by atoms with Crippen LogP contribution in [0.4, 0.5) is 0 Å². The molecule has 0 saturated carbocycles. The van der Waals surface area contributed by atoms with Gasteiger partial charge in [-0.2, -0.15) is 0 Å². The van der Waals surface area contributed by atoms with Gasteiger partial charge in [-0.25, -0.2) is 0 Å². The van der Waals surface area contributed by atoms with Gasteiger partial charge in [-0.15, -0.1) is 11.6 Å². The molecular weight excluding hydrogens is 256 g/mol. The van der Waals surface area contributed by atoms with Crippen LogP contribution in [0.2, 0.25) is 0 Å². The van der Waals surface area contributed by atoms with Gasteiger partial charge in [-0.1, -0.05) is 54.6 Å². The Morgan fingerprint density at radius 1 is 1.00 bits per heavy atom. The highest BCUT2D eigenvalue weighted by Gasteiger charge is 2.29. The number of aliphatic hydroxyl groups is 1. The van der Waals surface area contributed by atoms with E-state index in [1.807, 2.05) is 42.5 Å². The summed E-state index contributed by atoms with van der Waals surface area (Å²) in [6.07, 6.45) is 1.14. The zero-order valence-electron chi connectivity index (χ0n) is 11.1. The van der Waals surface area contributed by atoms with Crippen molar-refractivity contribution in [3.63, 3.8) is 0 Å². The zero-order valence-corrected chi connectivity index (χ0v) is 11.9. The predicted octanol–water partition coefficient (Wildman–Crippen LogP) is 4.05. The van der Waals surface area contributed by atoms with Crippen molar-refractivity contribution in [2.45, 2.75) is 25.4 Å². The molecular formula is C17H19ClO. The van der Waals surface area contributed by atoms with Crippen molar-refractivity contribution in [1.29, 1.82) is 0 Å². The van der Waals surface area contributed by atoms with Crippen LogP contribution < -0.4 is 0 Å². The van der Waals surface area contributed by atoms with Crippen molar-refractivity contribution >= 4 is 11.6 Å². The molecule has 0 bridgehead atoms. The number of aryl methyl sites for hydroxylation is 1. The van der Waals surface area contributed by atoms with Crippen LogP contribution in [-0.4, -0.2) is 11.0 Å². The third-order valence-corrected chi connectivity index (χ3v) is 3.75. The topological polar surface area (TPSA) is 20.2 Å². The van der Waals surface area contributed by atoms with Crippen LogP contribution >= 0.6 is 11.6 Å². The van der Waals surface area contributed by atoms with Crippen molar-refractivity contribution in [1.82, 2.24) is 0 Å². The maximum absolute atomic E-state index is 11.0. The van der Waals surface area contributed by atoms with Gasteiger partial charge in [0.25, 0.3) is 0 Å². The van der Waals surface area contributed by atoms with Crippen molar-refractivity contribution in [2.75, 3.05) is 5.88 Å². The fourth-order valence-electron chi connectivity index (χ4n) is 2.36. The summed E-state index contributed by atoms with van der Waals surface area (Å²) in [5, 5.41) is 11.0. The van der Waals surface area contributed by atoms with Crippen molar-refractivity contribution in [3.05, 3.63) is 71.3 Å². The quantitative estimate of drug-likeness (QED) is 0.816. The first-order valence-electron chi connectivity index (χ1n) is 6.54. The average Bonchev–Trinajstić information content (AvgIpc) is 2.43. The molecule has 0 saturated heterocycles. The summed E-state index contributed by atoms with van der Waals surface area (Å²) >= 11 is 5.88. The van der Waals surface area contributed by atoms with Gasteiger partial charge in [0.15, 0.2) is 0 Å². The summed E-state index contributed by atoms with van der Waals surface area (Å²) in [4.78, 5) is 0. The maximum Gasteiger partial charge on any atom is 0.0948 e. The maximum atomic E-state index is 11.0. The van der Waals surface area contributed by atoms with Gasteiger partial charge in [0.2, 0.25) is 0 Å². The number of halogens is 1. The Labute approximate surface area is 119 Å². The Hall–Kier alpha value is -1.31. The monoisotopic (exact) mass is 274 g/mol. The molecule has 0 aromatic heterocycles. The molecule has 0 heterocycles. The fourth-order valence-corrected chi connectivity index (χ4v) is 2.68. The lowest BCUT2D eigenvalue weighted by atomic mass is 9.84. The lowest BCUT2D eigenvalue weighted by Gasteiger charge is -2.29. The molecule has 1 atom stereocenters. The van der Waals surface area contributed by atoms with Crippen LogP contribution in [0.25, 0.3) is 0 Å². The van der Waals surface area contributed by atoms with Gasteiger partial charge < -0.3 is 5.11 Å². The second-order valence-corrected chi connectivity index (χ2v) is 5.32. The van der Waals surface area contributed by atoms with Gasteiger partial charge in [0.05, 0.1) is 5.60 Å². The minimum Gasteiger partial charge on any atom is -0.385 e. The molecule has 1 unspecified atom stereocenters. The molecule has 100 valence electrons. The highest BCUT2D eigenvalue weighted by molar-refractivity contribution is 6.17. The van der Waals surface area contributed by atoms with E-state index in [0.29, 0.717) is 18.7 Å². The van der Waals surface area contributed by atoms with Crippen LogP contribution in [0.3, 0.4) is 0 Å². The van der Waals surface area contributed by atoms with Crippen LogP contribution in [0.1, 0.15) is 23.1 Å². The first-order valence-corrected chi connectivity index (χ1v) is 7.07. The highest BCUT2D eigenvalue weighted by atomic mass is 35.5. The lowest BCUT2D eigenvalue weighted by molar-refractivity contribution is 0.0335. The van der Waals surface area contributed by atoms with Gasteiger partial charge in [0, 0.05) is 12.3 Å². The summed E-state index contributed by atoms with van der Waals surface area (Å²) < 4.78 is 0. The molecule has 0 aliphatic heterocycles. The van der Waals surface area contributed by atoms with Crippen LogP contribution in [0, 0.1) is 6.92 Å². The Morgan fingerprint density at radius 3 is 2.26 bits per heavy atom. The number of rotatable bonds is 5. The molecule has 2 aromatic carbocycles. The summed E-state index contributed by atoms with van der Waals surface area (Å²) in [5.41, 5.74) is 2.40. The Balaban J connectivity index is 2.33. The Morgan fingerprint density at radius 2 is 1.63 bits per heavy atom. The molecule has 0 aliphatic carbocycles. The van der Waals surface area contributed by atoms with Gasteiger partial charge >= 0.3 is 0 Å². The predicted molar refractivity (Wildman–Crippen MR) is 80.6 cm³/mol. The third kappa shape index (κ3) is 3.37.